The van der Waals surface area contributed by atoms with E-state index >= 15 is 0 Å². The molecule has 3 rings (SSSR count). The van der Waals surface area contributed by atoms with E-state index in [1.165, 1.54) is 5.56 Å². The average molecular weight is 369 g/mol. The monoisotopic (exact) mass is 368 g/mol. The van der Waals surface area contributed by atoms with Crippen LogP contribution in [0, 0.1) is 6.92 Å². The Kier molecular flexibility index (Phi) is 6.38. The molecule has 26 heavy (non-hydrogen) atoms. The first kappa shape index (κ1) is 18.1. The van der Waals surface area contributed by atoms with Gasteiger partial charge in [0.1, 0.15) is 0 Å². The normalized spacial score (nSPS) is 11.5. The fourth-order valence-corrected chi connectivity index (χ4v) is 3.24. The molecule has 1 aromatic carbocycles. The van der Waals surface area contributed by atoms with Crippen molar-refractivity contribution in [3.63, 3.8) is 0 Å². The summed E-state index contributed by atoms with van der Waals surface area (Å²) in [6.45, 7) is 4.29. The number of thiazole rings is 1. The van der Waals surface area contributed by atoms with Gasteiger partial charge in [-0.15, -0.1) is 11.3 Å². The highest BCUT2D eigenvalue weighted by atomic mass is 32.1. The quantitative estimate of drug-likeness (QED) is 0.497. The number of nitrogens with one attached hydrogen (secondary N) is 2. The number of benzene rings is 1. The van der Waals surface area contributed by atoms with Gasteiger partial charge in [0.15, 0.2) is 5.96 Å². The number of hydrogen-bond acceptors (Lipinski definition) is 4. The van der Waals surface area contributed by atoms with Crippen LogP contribution in [0.3, 0.4) is 0 Å². The van der Waals surface area contributed by atoms with E-state index < -0.39 is 0 Å². The van der Waals surface area contributed by atoms with Gasteiger partial charge in [0.05, 0.1) is 23.4 Å². The number of aromatic nitrogens is 3. The molecule has 3 aromatic rings. The smallest absolute Gasteiger partial charge is 0.191 e. The largest absolute Gasteiger partial charge is 0.356 e. The van der Waals surface area contributed by atoms with Crippen LogP contribution in [0.25, 0.3) is 0 Å². The fourth-order valence-electron chi connectivity index (χ4n) is 2.59. The zero-order valence-corrected chi connectivity index (χ0v) is 16.0. The molecule has 0 saturated carbocycles. The highest BCUT2D eigenvalue weighted by molar-refractivity contribution is 7.09. The molecule has 0 amide bonds. The maximum atomic E-state index is 4.47. The van der Waals surface area contributed by atoms with Gasteiger partial charge in [-0.2, -0.15) is 5.10 Å². The highest BCUT2D eigenvalue weighted by Gasteiger charge is 2.03. The summed E-state index contributed by atoms with van der Waals surface area (Å²) >= 11 is 1.69. The van der Waals surface area contributed by atoms with Crippen molar-refractivity contribution < 1.29 is 0 Å². The zero-order chi connectivity index (χ0) is 18.2. The van der Waals surface area contributed by atoms with Crippen LogP contribution < -0.4 is 10.6 Å². The summed E-state index contributed by atoms with van der Waals surface area (Å²) in [6, 6.07) is 10.3. The molecule has 0 atom stereocenters. The Bertz CT molecular complexity index is 837. The topological polar surface area (TPSA) is 67.1 Å². The van der Waals surface area contributed by atoms with E-state index in [2.05, 4.69) is 49.4 Å². The first-order valence-electron chi connectivity index (χ1n) is 8.63. The summed E-state index contributed by atoms with van der Waals surface area (Å²) in [5.41, 5.74) is 3.49. The summed E-state index contributed by atoms with van der Waals surface area (Å²) in [5.74, 6) is 0.785. The first-order valence-corrected chi connectivity index (χ1v) is 9.51. The molecule has 6 nitrogen and oxygen atoms in total. The van der Waals surface area contributed by atoms with Crippen LogP contribution in [0.4, 0.5) is 0 Å². The molecule has 2 aromatic heterocycles. The van der Waals surface area contributed by atoms with Crippen molar-refractivity contribution in [3.8, 4) is 0 Å². The minimum absolute atomic E-state index is 0.685. The Morgan fingerprint density at radius 3 is 2.77 bits per heavy atom. The number of guanidine groups is 1. The molecule has 0 aliphatic heterocycles. The van der Waals surface area contributed by atoms with E-state index in [4.69, 9.17) is 0 Å². The third kappa shape index (κ3) is 5.42. The molecular formula is C19H24N6S. The zero-order valence-electron chi connectivity index (χ0n) is 15.1. The summed E-state index contributed by atoms with van der Waals surface area (Å²) in [7, 11) is 1.78. The lowest BCUT2D eigenvalue weighted by Gasteiger charge is -2.10. The second-order valence-electron chi connectivity index (χ2n) is 5.99. The average Bonchev–Trinajstić information content (AvgIpc) is 3.27. The van der Waals surface area contributed by atoms with Gasteiger partial charge < -0.3 is 10.6 Å². The maximum absolute atomic E-state index is 4.47. The van der Waals surface area contributed by atoms with Crippen molar-refractivity contribution in [1.82, 2.24) is 25.4 Å². The molecule has 0 unspecified atom stereocenters. The van der Waals surface area contributed by atoms with Crippen LogP contribution >= 0.6 is 11.3 Å². The molecule has 0 fully saturated rings. The molecule has 7 heteroatoms. The lowest BCUT2D eigenvalue weighted by atomic mass is 10.2. The maximum Gasteiger partial charge on any atom is 0.191 e. The second-order valence-corrected chi connectivity index (χ2v) is 7.05. The minimum Gasteiger partial charge on any atom is -0.356 e. The molecule has 0 saturated heterocycles. The van der Waals surface area contributed by atoms with Crippen molar-refractivity contribution >= 4 is 17.3 Å². The molecule has 0 radical (unpaired) electrons. The van der Waals surface area contributed by atoms with Crippen LogP contribution in [0.1, 0.15) is 21.8 Å². The van der Waals surface area contributed by atoms with Crippen molar-refractivity contribution in [3.05, 3.63) is 69.9 Å². The van der Waals surface area contributed by atoms with Crippen molar-refractivity contribution in [2.24, 2.45) is 4.99 Å². The minimum atomic E-state index is 0.685. The van der Waals surface area contributed by atoms with Crippen molar-refractivity contribution in [2.75, 3.05) is 13.6 Å². The van der Waals surface area contributed by atoms with Crippen LogP contribution in [-0.2, 0) is 19.5 Å². The summed E-state index contributed by atoms with van der Waals surface area (Å²) in [6.07, 6.45) is 4.84. The van der Waals surface area contributed by atoms with Crippen LogP contribution in [-0.4, -0.2) is 34.3 Å². The molecular weight excluding hydrogens is 344 g/mol. The Morgan fingerprint density at radius 1 is 1.19 bits per heavy atom. The lowest BCUT2D eigenvalue weighted by molar-refractivity contribution is 0.685. The van der Waals surface area contributed by atoms with E-state index in [1.54, 1.807) is 18.4 Å². The SMILES string of the molecule is CN=C(NCCc1csc(C)n1)NCc1cnn(Cc2ccccc2)c1. The Labute approximate surface area is 158 Å². The van der Waals surface area contributed by atoms with Gasteiger partial charge in [0, 0.05) is 43.7 Å². The van der Waals surface area contributed by atoms with Crippen LogP contribution in [0.15, 0.2) is 53.1 Å². The van der Waals surface area contributed by atoms with Gasteiger partial charge >= 0.3 is 0 Å². The predicted octanol–water partition coefficient (Wildman–Crippen LogP) is 2.60. The van der Waals surface area contributed by atoms with Gasteiger partial charge in [-0.05, 0) is 12.5 Å². The number of rotatable bonds is 7. The van der Waals surface area contributed by atoms with Crippen molar-refractivity contribution in [2.45, 2.75) is 26.4 Å². The lowest BCUT2D eigenvalue weighted by Crippen LogP contribution is -2.37. The number of nitrogens with zero attached hydrogens (tertiary/aromatic N) is 4. The Hall–Kier alpha value is -2.67. The number of hydrogen-bond donors (Lipinski definition) is 2. The van der Waals surface area contributed by atoms with Gasteiger partial charge in [-0.3, -0.25) is 9.67 Å². The first-order chi connectivity index (χ1) is 12.7. The molecule has 136 valence electrons. The standard InChI is InChI=1S/C19H24N6S/c1-15-24-18(14-26-15)8-9-21-19(20-2)22-10-17-11-23-25(13-17)12-16-6-4-3-5-7-16/h3-7,11,13-14H,8-10,12H2,1-2H3,(H2,20,21,22). The third-order valence-electron chi connectivity index (χ3n) is 3.90. The molecule has 0 spiro atoms. The van der Waals surface area contributed by atoms with Crippen LogP contribution in [0.2, 0.25) is 0 Å². The number of aliphatic imine (C=N–C) groups is 1. The van der Waals surface area contributed by atoms with E-state index in [9.17, 15) is 0 Å². The van der Waals surface area contributed by atoms with Gasteiger partial charge in [-0.1, -0.05) is 30.3 Å². The van der Waals surface area contributed by atoms with E-state index in [0.717, 1.165) is 41.7 Å². The third-order valence-corrected chi connectivity index (χ3v) is 4.72. The molecule has 2 N–H and O–H groups in total. The Balaban J connectivity index is 1.43. The van der Waals surface area contributed by atoms with Gasteiger partial charge in [-0.25, -0.2) is 4.98 Å². The molecule has 2 heterocycles. The van der Waals surface area contributed by atoms with E-state index in [1.807, 2.05) is 36.0 Å². The predicted molar refractivity (Wildman–Crippen MR) is 107 cm³/mol. The Morgan fingerprint density at radius 2 is 2.04 bits per heavy atom. The summed E-state index contributed by atoms with van der Waals surface area (Å²) < 4.78 is 1.95. The fraction of sp³-hybridized carbons (Fsp3) is 0.316. The highest BCUT2D eigenvalue weighted by Crippen LogP contribution is 2.07. The molecule has 0 bridgehead atoms. The summed E-state index contributed by atoms with van der Waals surface area (Å²) in [5, 5.41) is 14.3. The van der Waals surface area contributed by atoms with Crippen LogP contribution in [0.5, 0.6) is 0 Å². The molecule has 0 aliphatic carbocycles. The van der Waals surface area contributed by atoms with Crippen molar-refractivity contribution in [1.29, 1.82) is 0 Å². The molecule has 0 aliphatic rings. The summed E-state index contributed by atoms with van der Waals surface area (Å²) in [4.78, 5) is 8.73. The van der Waals surface area contributed by atoms with Gasteiger partial charge in [0.25, 0.3) is 0 Å². The van der Waals surface area contributed by atoms with E-state index in [-0.39, 0.29) is 0 Å². The van der Waals surface area contributed by atoms with E-state index in [0.29, 0.717) is 6.54 Å². The second kappa shape index (κ2) is 9.15. The number of aryl methyl sites for hydroxylation is 1. The van der Waals surface area contributed by atoms with Gasteiger partial charge in [0.2, 0.25) is 0 Å².